The van der Waals surface area contributed by atoms with Crippen LogP contribution in [0.2, 0.25) is 0 Å². The Hall–Kier alpha value is -1.93. The zero-order valence-electron chi connectivity index (χ0n) is 11.8. The van der Waals surface area contributed by atoms with Crippen LogP contribution in [0.25, 0.3) is 0 Å². The third-order valence-corrected chi connectivity index (χ3v) is 2.79. The number of phenols is 1. The van der Waals surface area contributed by atoms with Gasteiger partial charge >= 0.3 is 17.9 Å². The molecule has 0 aliphatic carbocycles. The average molecular weight is 340 g/mol. The van der Waals surface area contributed by atoms with Crippen molar-refractivity contribution in [1.29, 1.82) is 0 Å². The van der Waals surface area contributed by atoms with Crippen LogP contribution < -0.4 is 5.73 Å². The molecule has 0 heterocycles. The second kappa shape index (κ2) is 7.37. The number of alkyl halides is 2. The van der Waals surface area contributed by atoms with Crippen LogP contribution in [0.5, 0.6) is 5.75 Å². The molecule has 0 unspecified atom stereocenters. The normalized spacial score (nSPS) is 12.2. The van der Waals surface area contributed by atoms with Crippen LogP contribution in [-0.2, 0) is 9.53 Å². The summed E-state index contributed by atoms with van der Waals surface area (Å²) in [4.78, 5) is 22.2. The van der Waals surface area contributed by atoms with Crippen LogP contribution in [0.3, 0.4) is 0 Å². The fourth-order valence-corrected chi connectivity index (χ4v) is 1.76. The lowest BCUT2D eigenvalue weighted by Gasteiger charge is -2.23. The number of aryl methyl sites for hydroxylation is 1. The van der Waals surface area contributed by atoms with Gasteiger partial charge in [-0.1, -0.05) is 6.07 Å². The Balaban J connectivity index is 0.00000441. The number of carboxylic acids is 1. The van der Waals surface area contributed by atoms with E-state index in [9.17, 15) is 23.5 Å². The minimum Gasteiger partial charge on any atom is -0.507 e. The molecule has 4 N–H and O–H groups in total. The predicted molar refractivity (Wildman–Crippen MR) is 75.6 cm³/mol. The quantitative estimate of drug-likeness (QED) is 0.708. The Morgan fingerprint density at radius 1 is 1.41 bits per heavy atom. The van der Waals surface area contributed by atoms with Crippen molar-refractivity contribution in [2.75, 3.05) is 6.61 Å². The van der Waals surface area contributed by atoms with Gasteiger partial charge in [-0.15, -0.1) is 12.4 Å². The van der Waals surface area contributed by atoms with Gasteiger partial charge < -0.3 is 20.7 Å². The van der Waals surface area contributed by atoms with Crippen LogP contribution in [-0.4, -0.2) is 34.7 Å². The van der Waals surface area contributed by atoms with E-state index in [1.54, 1.807) is 0 Å². The molecule has 1 atom stereocenters. The SMILES string of the molecule is CCOC(=O)C(F)(F)[C@@H](N)c1cc(C)cc(C(=O)O)c1O.Cl. The first-order valence-electron chi connectivity index (χ1n) is 6.00. The number of rotatable bonds is 5. The molecule has 0 radical (unpaired) electrons. The summed E-state index contributed by atoms with van der Waals surface area (Å²) >= 11 is 0. The lowest BCUT2D eigenvalue weighted by molar-refractivity contribution is -0.174. The van der Waals surface area contributed by atoms with E-state index in [1.807, 2.05) is 0 Å². The van der Waals surface area contributed by atoms with Crippen molar-refractivity contribution >= 4 is 24.3 Å². The summed E-state index contributed by atoms with van der Waals surface area (Å²) in [5, 5.41) is 18.7. The second-order valence-corrected chi connectivity index (χ2v) is 4.38. The Bertz CT molecular complexity index is 580. The van der Waals surface area contributed by atoms with Crippen molar-refractivity contribution in [3.05, 3.63) is 28.8 Å². The number of hydrogen-bond acceptors (Lipinski definition) is 5. The molecular weight excluding hydrogens is 324 g/mol. The molecule has 22 heavy (non-hydrogen) atoms. The largest absolute Gasteiger partial charge is 0.507 e. The number of aromatic carboxylic acids is 1. The smallest absolute Gasteiger partial charge is 0.379 e. The van der Waals surface area contributed by atoms with Gasteiger partial charge in [0.05, 0.1) is 6.61 Å². The maximum absolute atomic E-state index is 13.9. The Kier molecular flexibility index (Phi) is 6.72. The van der Waals surface area contributed by atoms with Crippen LogP contribution in [0, 0.1) is 6.92 Å². The first-order chi connectivity index (χ1) is 9.62. The third-order valence-electron chi connectivity index (χ3n) is 2.79. The molecule has 0 bridgehead atoms. The van der Waals surface area contributed by atoms with E-state index in [2.05, 4.69) is 4.74 Å². The summed E-state index contributed by atoms with van der Waals surface area (Å²) in [6.45, 7) is 2.54. The Morgan fingerprint density at radius 3 is 2.41 bits per heavy atom. The van der Waals surface area contributed by atoms with E-state index in [4.69, 9.17) is 10.8 Å². The van der Waals surface area contributed by atoms with Gasteiger partial charge in [-0.05, 0) is 25.5 Å². The number of carbonyl (C=O) groups is 2. The first-order valence-corrected chi connectivity index (χ1v) is 6.00. The topological polar surface area (TPSA) is 110 Å². The number of halogens is 3. The number of carbonyl (C=O) groups excluding carboxylic acids is 1. The van der Waals surface area contributed by atoms with E-state index in [1.165, 1.54) is 13.8 Å². The van der Waals surface area contributed by atoms with Crippen molar-refractivity contribution in [2.24, 2.45) is 5.73 Å². The standard InChI is InChI=1S/C13H15F2NO5.ClH/c1-3-21-12(20)13(14,15)10(16)7-4-6(2)5-8(9(7)17)11(18)19;/h4-5,10,17H,3,16H2,1-2H3,(H,18,19);1H/t10-;/m0./s1. The predicted octanol–water partition coefficient (Wildman–Crippen LogP) is 2.02. The van der Waals surface area contributed by atoms with Crippen molar-refractivity contribution in [3.8, 4) is 5.75 Å². The Morgan fingerprint density at radius 2 is 1.95 bits per heavy atom. The number of ether oxygens (including phenoxy) is 1. The molecule has 124 valence electrons. The molecule has 9 heteroatoms. The number of aromatic hydroxyl groups is 1. The monoisotopic (exact) mass is 339 g/mol. The molecule has 0 saturated carbocycles. The summed E-state index contributed by atoms with van der Waals surface area (Å²) in [6.07, 6.45) is 0. The summed E-state index contributed by atoms with van der Waals surface area (Å²) in [6, 6.07) is -0.0229. The minimum absolute atomic E-state index is 0. The lowest BCUT2D eigenvalue weighted by Crippen LogP contribution is -2.41. The minimum atomic E-state index is -4.10. The average Bonchev–Trinajstić information content (AvgIpc) is 2.40. The third kappa shape index (κ3) is 3.83. The summed E-state index contributed by atoms with van der Waals surface area (Å²) in [5.41, 5.74) is 4.53. The molecule has 0 saturated heterocycles. The van der Waals surface area contributed by atoms with Gasteiger partial charge in [0.15, 0.2) is 0 Å². The molecule has 6 nitrogen and oxygen atoms in total. The molecule has 1 aromatic rings. The van der Waals surface area contributed by atoms with Gasteiger partial charge in [0.2, 0.25) is 0 Å². The van der Waals surface area contributed by atoms with Crippen LogP contribution in [0.1, 0.15) is 34.5 Å². The van der Waals surface area contributed by atoms with E-state index >= 15 is 0 Å². The summed E-state index contributed by atoms with van der Waals surface area (Å²) < 4.78 is 32.0. The number of nitrogens with two attached hydrogens (primary N) is 1. The van der Waals surface area contributed by atoms with Gasteiger partial charge in [0.1, 0.15) is 17.4 Å². The molecule has 1 aromatic carbocycles. The van der Waals surface area contributed by atoms with Gasteiger partial charge in [0, 0.05) is 5.56 Å². The molecule has 0 aliphatic rings. The van der Waals surface area contributed by atoms with Crippen LogP contribution in [0.15, 0.2) is 12.1 Å². The number of benzene rings is 1. The summed E-state index contributed by atoms with van der Waals surface area (Å²) in [5.74, 6) is -8.33. The highest BCUT2D eigenvalue weighted by Crippen LogP contribution is 2.37. The van der Waals surface area contributed by atoms with Crippen molar-refractivity contribution in [2.45, 2.75) is 25.8 Å². The molecule has 0 amide bonds. The van der Waals surface area contributed by atoms with E-state index in [-0.39, 0.29) is 19.0 Å². The summed E-state index contributed by atoms with van der Waals surface area (Å²) in [7, 11) is 0. The van der Waals surface area contributed by atoms with Crippen LogP contribution >= 0.6 is 12.4 Å². The zero-order chi connectivity index (χ0) is 16.4. The highest BCUT2D eigenvalue weighted by Gasteiger charge is 2.49. The van der Waals surface area contributed by atoms with Crippen molar-refractivity contribution in [1.82, 2.24) is 0 Å². The molecule has 0 aromatic heterocycles. The lowest BCUT2D eigenvalue weighted by atomic mass is 9.95. The van der Waals surface area contributed by atoms with Crippen molar-refractivity contribution < 1.29 is 33.3 Å². The van der Waals surface area contributed by atoms with E-state index < -0.39 is 40.8 Å². The zero-order valence-corrected chi connectivity index (χ0v) is 12.6. The number of carboxylic acid groups (broad SMARTS) is 1. The first kappa shape index (κ1) is 20.1. The maximum atomic E-state index is 13.9. The second-order valence-electron chi connectivity index (χ2n) is 4.38. The fourth-order valence-electron chi connectivity index (χ4n) is 1.76. The van der Waals surface area contributed by atoms with Crippen molar-refractivity contribution in [3.63, 3.8) is 0 Å². The molecule has 0 spiro atoms. The fraction of sp³-hybridized carbons (Fsp3) is 0.385. The highest BCUT2D eigenvalue weighted by molar-refractivity contribution is 5.92. The number of esters is 1. The van der Waals surface area contributed by atoms with Gasteiger partial charge in [0.25, 0.3) is 0 Å². The van der Waals surface area contributed by atoms with E-state index in [0.717, 1.165) is 12.1 Å². The molecule has 0 aliphatic heterocycles. The highest BCUT2D eigenvalue weighted by atomic mass is 35.5. The molecular formula is C13H16ClF2NO5. The van der Waals surface area contributed by atoms with Gasteiger partial charge in [-0.3, -0.25) is 0 Å². The Labute approximate surface area is 131 Å². The van der Waals surface area contributed by atoms with E-state index in [0.29, 0.717) is 5.56 Å². The molecule has 1 rings (SSSR count). The van der Waals surface area contributed by atoms with Gasteiger partial charge in [-0.2, -0.15) is 8.78 Å². The van der Waals surface area contributed by atoms with Gasteiger partial charge in [-0.25, -0.2) is 9.59 Å². The maximum Gasteiger partial charge on any atom is 0.379 e. The number of hydrogen-bond donors (Lipinski definition) is 3. The van der Waals surface area contributed by atoms with Crippen LogP contribution in [0.4, 0.5) is 8.78 Å². The molecule has 0 fully saturated rings.